The van der Waals surface area contributed by atoms with Gasteiger partial charge in [-0.3, -0.25) is 0 Å². The molecule has 0 aliphatic heterocycles. The lowest BCUT2D eigenvalue weighted by Gasteiger charge is -2.21. The van der Waals surface area contributed by atoms with Crippen LogP contribution in [0.1, 0.15) is 19.7 Å². The number of ether oxygens (including phenoxy) is 1. The van der Waals surface area contributed by atoms with Crippen molar-refractivity contribution >= 4 is 17.6 Å². The molecule has 1 aromatic heterocycles. The lowest BCUT2D eigenvalue weighted by molar-refractivity contribution is 0.203. The Morgan fingerprint density at radius 3 is 2.76 bits per heavy atom. The zero-order chi connectivity index (χ0) is 12.7. The Morgan fingerprint density at radius 2 is 2.18 bits per heavy atom. The summed E-state index contributed by atoms with van der Waals surface area (Å²) in [7, 11) is 1.68. The first-order valence-corrected chi connectivity index (χ1v) is 6.33. The van der Waals surface area contributed by atoms with Gasteiger partial charge >= 0.3 is 6.01 Å². The molecule has 0 saturated carbocycles. The van der Waals surface area contributed by atoms with Gasteiger partial charge in [0, 0.05) is 32.5 Å². The number of methoxy groups -OCH3 is 1. The predicted octanol–water partition coefficient (Wildman–Crippen LogP) is 1.96. The van der Waals surface area contributed by atoms with Crippen molar-refractivity contribution in [2.24, 2.45) is 5.92 Å². The largest absolute Gasteiger partial charge is 0.408 e. The second-order valence-electron chi connectivity index (χ2n) is 4.25. The minimum atomic E-state index is 0.490. The third kappa shape index (κ3) is 4.91. The first-order chi connectivity index (χ1) is 8.17. The average Bonchev–Trinajstić information content (AvgIpc) is 2.73. The van der Waals surface area contributed by atoms with Crippen LogP contribution in [0.3, 0.4) is 0 Å². The molecule has 0 N–H and O–H groups in total. The monoisotopic (exact) mass is 261 g/mol. The summed E-state index contributed by atoms with van der Waals surface area (Å²) in [5, 5.41) is 7.99. The van der Waals surface area contributed by atoms with Crippen molar-refractivity contribution in [3.8, 4) is 0 Å². The van der Waals surface area contributed by atoms with Crippen LogP contribution in [0.4, 0.5) is 6.01 Å². The number of aryl methyl sites for hydroxylation is 1. The van der Waals surface area contributed by atoms with E-state index in [1.54, 1.807) is 7.11 Å². The molecule has 0 fully saturated rings. The van der Waals surface area contributed by atoms with Gasteiger partial charge in [0.05, 0.1) is 6.61 Å². The van der Waals surface area contributed by atoms with E-state index >= 15 is 0 Å². The third-order valence-electron chi connectivity index (χ3n) is 2.19. The van der Waals surface area contributed by atoms with Crippen LogP contribution >= 0.6 is 11.6 Å². The molecule has 0 aliphatic rings. The van der Waals surface area contributed by atoms with E-state index < -0.39 is 0 Å². The minimum Gasteiger partial charge on any atom is -0.408 e. The minimum absolute atomic E-state index is 0.490. The van der Waals surface area contributed by atoms with Gasteiger partial charge in [0.1, 0.15) is 0 Å². The quantitative estimate of drug-likeness (QED) is 0.670. The molecule has 98 valence electrons. The van der Waals surface area contributed by atoms with E-state index in [4.69, 9.17) is 20.8 Å². The first kappa shape index (κ1) is 14.3. The molecule has 0 amide bonds. The van der Waals surface area contributed by atoms with Crippen molar-refractivity contribution in [3.05, 3.63) is 5.89 Å². The van der Waals surface area contributed by atoms with E-state index in [0.29, 0.717) is 36.7 Å². The van der Waals surface area contributed by atoms with Crippen LogP contribution in [0, 0.1) is 5.92 Å². The van der Waals surface area contributed by atoms with Crippen LogP contribution in [-0.4, -0.2) is 42.9 Å². The topological polar surface area (TPSA) is 51.4 Å². The Hall–Kier alpha value is -0.810. The summed E-state index contributed by atoms with van der Waals surface area (Å²) < 4.78 is 10.6. The molecule has 0 spiro atoms. The number of rotatable bonds is 8. The summed E-state index contributed by atoms with van der Waals surface area (Å²) in [6.45, 7) is 6.55. The zero-order valence-electron chi connectivity index (χ0n) is 10.6. The molecule has 1 aromatic rings. The van der Waals surface area contributed by atoms with Crippen LogP contribution in [0.15, 0.2) is 4.42 Å². The van der Waals surface area contributed by atoms with E-state index in [1.165, 1.54) is 0 Å². The summed E-state index contributed by atoms with van der Waals surface area (Å²) >= 11 is 5.63. The molecule has 0 radical (unpaired) electrons. The van der Waals surface area contributed by atoms with Crippen LogP contribution in [0.25, 0.3) is 0 Å². The molecule has 0 aliphatic carbocycles. The summed E-state index contributed by atoms with van der Waals surface area (Å²) in [5.41, 5.74) is 0. The SMILES string of the molecule is COCCN(CC(C)C)c1nnc(CCCl)o1. The van der Waals surface area contributed by atoms with Crippen molar-refractivity contribution in [2.75, 3.05) is 37.6 Å². The highest BCUT2D eigenvalue weighted by Gasteiger charge is 2.15. The fourth-order valence-corrected chi connectivity index (χ4v) is 1.62. The Bertz CT molecular complexity index is 317. The van der Waals surface area contributed by atoms with Crippen molar-refractivity contribution < 1.29 is 9.15 Å². The van der Waals surface area contributed by atoms with E-state index in [-0.39, 0.29) is 0 Å². The van der Waals surface area contributed by atoms with Gasteiger partial charge in [0.15, 0.2) is 0 Å². The Labute approximate surface area is 107 Å². The average molecular weight is 262 g/mol. The molecular formula is C11H20ClN3O2. The molecule has 0 saturated heterocycles. The van der Waals surface area contributed by atoms with Gasteiger partial charge < -0.3 is 14.1 Å². The maximum absolute atomic E-state index is 5.63. The lowest BCUT2D eigenvalue weighted by atomic mass is 10.2. The molecule has 0 unspecified atom stereocenters. The lowest BCUT2D eigenvalue weighted by Crippen LogP contribution is -2.31. The molecule has 17 heavy (non-hydrogen) atoms. The fourth-order valence-electron chi connectivity index (χ4n) is 1.46. The van der Waals surface area contributed by atoms with Crippen molar-refractivity contribution in [1.82, 2.24) is 10.2 Å². The van der Waals surface area contributed by atoms with Crippen LogP contribution in [0.5, 0.6) is 0 Å². The van der Waals surface area contributed by atoms with Crippen LogP contribution < -0.4 is 4.90 Å². The molecule has 6 heteroatoms. The smallest absolute Gasteiger partial charge is 0.318 e. The predicted molar refractivity (Wildman–Crippen MR) is 67.6 cm³/mol. The molecule has 0 bridgehead atoms. The molecule has 0 aromatic carbocycles. The van der Waals surface area contributed by atoms with E-state index in [1.807, 2.05) is 4.90 Å². The van der Waals surface area contributed by atoms with Crippen molar-refractivity contribution in [3.63, 3.8) is 0 Å². The number of alkyl halides is 1. The number of aromatic nitrogens is 2. The van der Waals surface area contributed by atoms with Gasteiger partial charge in [-0.1, -0.05) is 18.9 Å². The molecule has 1 rings (SSSR count). The van der Waals surface area contributed by atoms with Gasteiger partial charge in [-0.25, -0.2) is 0 Å². The number of hydrogen-bond acceptors (Lipinski definition) is 5. The summed E-state index contributed by atoms with van der Waals surface area (Å²) in [6.07, 6.45) is 0.606. The maximum Gasteiger partial charge on any atom is 0.318 e. The number of nitrogens with zero attached hydrogens (tertiary/aromatic N) is 3. The van der Waals surface area contributed by atoms with Gasteiger partial charge in [-0.15, -0.1) is 16.7 Å². The van der Waals surface area contributed by atoms with Crippen LogP contribution in [0.2, 0.25) is 0 Å². The standard InChI is InChI=1S/C11H20ClN3O2/c1-9(2)8-15(6-7-16-3)11-14-13-10(17-11)4-5-12/h9H,4-8H2,1-3H3. The normalized spacial score (nSPS) is 11.1. The van der Waals surface area contributed by atoms with Crippen LogP contribution in [-0.2, 0) is 11.2 Å². The molecule has 0 atom stereocenters. The number of hydrogen-bond donors (Lipinski definition) is 0. The Balaban J connectivity index is 2.65. The van der Waals surface area contributed by atoms with E-state index in [9.17, 15) is 0 Å². The maximum atomic E-state index is 5.63. The first-order valence-electron chi connectivity index (χ1n) is 5.79. The van der Waals surface area contributed by atoms with Gasteiger partial charge in [0.25, 0.3) is 0 Å². The highest BCUT2D eigenvalue weighted by molar-refractivity contribution is 6.17. The second-order valence-corrected chi connectivity index (χ2v) is 4.63. The summed E-state index contributed by atoms with van der Waals surface area (Å²) in [6, 6.07) is 0.552. The van der Waals surface area contributed by atoms with Gasteiger partial charge in [-0.05, 0) is 5.92 Å². The second kappa shape index (κ2) is 7.50. The highest BCUT2D eigenvalue weighted by atomic mass is 35.5. The summed E-state index contributed by atoms with van der Waals surface area (Å²) in [5.74, 6) is 1.60. The fraction of sp³-hybridized carbons (Fsp3) is 0.818. The number of halogens is 1. The van der Waals surface area contributed by atoms with Crippen molar-refractivity contribution in [1.29, 1.82) is 0 Å². The van der Waals surface area contributed by atoms with E-state index in [2.05, 4.69) is 24.0 Å². The molecule has 1 heterocycles. The van der Waals surface area contributed by atoms with Gasteiger partial charge in [0.2, 0.25) is 5.89 Å². The zero-order valence-corrected chi connectivity index (χ0v) is 11.4. The Morgan fingerprint density at radius 1 is 1.41 bits per heavy atom. The molecular weight excluding hydrogens is 242 g/mol. The Kier molecular flexibility index (Phi) is 6.29. The third-order valence-corrected chi connectivity index (χ3v) is 2.37. The van der Waals surface area contributed by atoms with E-state index in [0.717, 1.165) is 13.1 Å². The number of anilines is 1. The summed E-state index contributed by atoms with van der Waals surface area (Å²) in [4.78, 5) is 2.04. The highest BCUT2D eigenvalue weighted by Crippen LogP contribution is 2.14. The van der Waals surface area contributed by atoms with Gasteiger partial charge in [-0.2, -0.15) is 0 Å². The van der Waals surface area contributed by atoms with Crippen molar-refractivity contribution in [2.45, 2.75) is 20.3 Å². The molecule has 5 nitrogen and oxygen atoms in total.